The second kappa shape index (κ2) is 4.52. The minimum absolute atomic E-state index is 0.301. The number of aromatic nitrogens is 2. The van der Waals surface area contributed by atoms with Gasteiger partial charge in [-0.3, -0.25) is 4.79 Å². The van der Waals surface area contributed by atoms with E-state index >= 15 is 0 Å². The van der Waals surface area contributed by atoms with E-state index in [9.17, 15) is 18.0 Å². The summed E-state index contributed by atoms with van der Waals surface area (Å²) < 4.78 is 39.8. The molecule has 0 aliphatic carbocycles. The maximum absolute atomic E-state index is 11.7. The van der Waals surface area contributed by atoms with Crippen molar-refractivity contribution in [3.63, 3.8) is 0 Å². The van der Waals surface area contributed by atoms with Crippen LogP contribution in [0, 0.1) is 0 Å². The second-order valence-electron chi connectivity index (χ2n) is 2.56. The van der Waals surface area contributed by atoms with Crippen molar-refractivity contribution in [3.05, 3.63) is 21.7 Å². The first-order chi connectivity index (χ1) is 6.90. The average molecular weight is 243 g/mol. The third-order valence-electron chi connectivity index (χ3n) is 1.39. The fourth-order valence-electron chi connectivity index (χ4n) is 0.731. The molecule has 0 aliphatic heterocycles. The second-order valence-corrected chi connectivity index (χ2v) is 2.94. The van der Waals surface area contributed by atoms with Crippen molar-refractivity contribution in [2.24, 2.45) is 0 Å². The molecule has 0 aromatic carbocycles. The van der Waals surface area contributed by atoms with E-state index in [1.165, 1.54) is 0 Å². The molecule has 1 rings (SSSR count). The van der Waals surface area contributed by atoms with Gasteiger partial charge in [0.05, 0.1) is 19.4 Å². The van der Waals surface area contributed by atoms with Crippen LogP contribution in [0.15, 0.2) is 11.1 Å². The van der Waals surface area contributed by atoms with Gasteiger partial charge in [0.15, 0.2) is 5.02 Å². The lowest BCUT2D eigenvalue weighted by molar-refractivity contribution is -0.139. The standard InChI is InChI=1S/C7H6ClF3N2O2/c8-4-5(14)12-3-13-6(4)15-2-1-7(9,10)11/h3H,1-2H2,(H,12,13,14). The summed E-state index contributed by atoms with van der Waals surface area (Å²) in [6.45, 7) is -0.625. The number of ether oxygens (including phenoxy) is 1. The van der Waals surface area contributed by atoms with Gasteiger partial charge >= 0.3 is 6.18 Å². The molecule has 1 N–H and O–H groups in total. The molecule has 0 saturated carbocycles. The summed E-state index contributed by atoms with van der Waals surface area (Å²) in [6, 6.07) is 0. The summed E-state index contributed by atoms with van der Waals surface area (Å²) in [5, 5.41) is -0.361. The summed E-state index contributed by atoms with van der Waals surface area (Å²) >= 11 is 5.43. The maximum Gasteiger partial charge on any atom is 0.392 e. The van der Waals surface area contributed by atoms with E-state index in [0.717, 1.165) is 6.33 Å². The Morgan fingerprint density at radius 3 is 2.80 bits per heavy atom. The molecule has 0 aliphatic rings. The van der Waals surface area contributed by atoms with Crippen LogP contribution in [-0.4, -0.2) is 22.8 Å². The number of rotatable bonds is 3. The van der Waals surface area contributed by atoms with E-state index in [1.54, 1.807) is 0 Å². The van der Waals surface area contributed by atoms with E-state index in [0.29, 0.717) is 0 Å². The maximum atomic E-state index is 11.7. The van der Waals surface area contributed by atoms with E-state index < -0.39 is 24.8 Å². The highest BCUT2D eigenvalue weighted by atomic mass is 35.5. The first-order valence-corrected chi connectivity index (χ1v) is 4.20. The van der Waals surface area contributed by atoms with Crippen LogP contribution in [0.1, 0.15) is 6.42 Å². The monoisotopic (exact) mass is 242 g/mol. The molecule has 0 amide bonds. The van der Waals surface area contributed by atoms with Gasteiger partial charge in [0, 0.05) is 0 Å². The van der Waals surface area contributed by atoms with Crippen molar-refractivity contribution in [2.45, 2.75) is 12.6 Å². The molecule has 1 heterocycles. The summed E-state index contributed by atoms with van der Waals surface area (Å²) in [5.41, 5.74) is -0.659. The van der Waals surface area contributed by atoms with Crippen LogP contribution in [-0.2, 0) is 0 Å². The lowest BCUT2D eigenvalue weighted by Gasteiger charge is -2.07. The number of nitrogens with zero attached hydrogens (tertiary/aromatic N) is 1. The molecule has 8 heteroatoms. The molecule has 15 heavy (non-hydrogen) atoms. The fraction of sp³-hybridized carbons (Fsp3) is 0.429. The van der Waals surface area contributed by atoms with Gasteiger partial charge in [0.25, 0.3) is 5.56 Å². The van der Waals surface area contributed by atoms with Gasteiger partial charge in [-0.2, -0.15) is 13.2 Å². The lowest BCUT2D eigenvalue weighted by atomic mass is 10.4. The van der Waals surface area contributed by atoms with Gasteiger partial charge in [-0.05, 0) is 0 Å². The fourth-order valence-corrected chi connectivity index (χ4v) is 0.889. The van der Waals surface area contributed by atoms with Crippen molar-refractivity contribution in [2.75, 3.05) is 6.61 Å². The van der Waals surface area contributed by atoms with Crippen molar-refractivity contribution in [1.82, 2.24) is 9.97 Å². The number of nitrogens with one attached hydrogen (secondary N) is 1. The third-order valence-corrected chi connectivity index (χ3v) is 1.72. The van der Waals surface area contributed by atoms with Crippen LogP contribution < -0.4 is 10.3 Å². The lowest BCUT2D eigenvalue weighted by Crippen LogP contribution is -2.15. The number of aromatic amines is 1. The molecule has 4 nitrogen and oxygen atoms in total. The van der Waals surface area contributed by atoms with Gasteiger partial charge in [0.1, 0.15) is 0 Å². The Morgan fingerprint density at radius 2 is 2.20 bits per heavy atom. The third kappa shape index (κ3) is 3.78. The predicted molar refractivity (Wildman–Crippen MR) is 46.0 cm³/mol. The highest BCUT2D eigenvalue weighted by Gasteiger charge is 2.27. The quantitative estimate of drug-likeness (QED) is 0.879. The topological polar surface area (TPSA) is 55.0 Å². The van der Waals surface area contributed by atoms with E-state index in [4.69, 9.17) is 11.6 Å². The van der Waals surface area contributed by atoms with Crippen LogP contribution in [0.2, 0.25) is 5.02 Å². The number of alkyl halides is 3. The van der Waals surface area contributed by atoms with Crippen LogP contribution in [0.5, 0.6) is 5.88 Å². The zero-order valence-electron chi connectivity index (χ0n) is 7.27. The molecule has 0 bridgehead atoms. The summed E-state index contributed by atoms with van der Waals surface area (Å²) in [6.07, 6.45) is -4.44. The summed E-state index contributed by atoms with van der Waals surface area (Å²) in [7, 11) is 0. The number of H-pyrrole nitrogens is 1. The summed E-state index contributed by atoms with van der Waals surface area (Å²) in [4.78, 5) is 16.5. The Hall–Kier alpha value is -1.24. The Morgan fingerprint density at radius 1 is 1.53 bits per heavy atom. The largest absolute Gasteiger partial charge is 0.476 e. The van der Waals surface area contributed by atoms with Gasteiger partial charge in [-0.1, -0.05) is 11.6 Å². The van der Waals surface area contributed by atoms with Crippen molar-refractivity contribution >= 4 is 11.6 Å². The van der Waals surface area contributed by atoms with E-state index in [1.807, 2.05) is 0 Å². The van der Waals surface area contributed by atoms with E-state index in [2.05, 4.69) is 14.7 Å². The molecular weight excluding hydrogens is 237 g/mol. The van der Waals surface area contributed by atoms with Crippen molar-refractivity contribution in [3.8, 4) is 5.88 Å². The summed E-state index contributed by atoms with van der Waals surface area (Å²) in [5.74, 6) is -0.301. The van der Waals surface area contributed by atoms with Gasteiger partial charge in [0.2, 0.25) is 5.88 Å². The Balaban J connectivity index is 2.59. The minimum Gasteiger partial charge on any atom is -0.476 e. The molecular formula is C7H6ClF3N2O2. The molecule has 0 fully saturated rings. The molecule has 0 atom stereocenters. The molecule has 0 radical (unpaired) electrons. The van der Waals surface area contributed by atoms with Gasteiger partial charge in [-0.15, -0.1) is 0 Å². The van der Waals surface area contributed by atoms with Crippen molar-refractivity contribution in [1.29, 1.82) is 0 Å². The molecule has 1 aromatic heterocycles. The van der Waals surface area contributed by atoms with Gasteiger partial charge < -0.3 is 9.72 Å². The molecule has 0 saturated heterocycles. The molecule has 84 valence electrons. The van der Waals surface area contributed by atoms with Crippen LogP contribution in [0.3, 0.4) is 0 Å². The minimum atomic E-state index is -4.31. The Labute approximate surface area is 87.0 Å². The van der Waals surface area contributed by atoms with Crippen molar-refractivity contribution < 1.29 is 17.9 Å². The van der Waals surface area contributed by atoms with Crippen LogP contribution in [0.25, 0.3) is 0 Å². The van der Waals surface area contributed by atoms with Crippen LogP contribution >= 0.6 is 11.6 Å². The number of hydrogen-bond acceptors (Lipinski definition) is 3. The predicted octanol–water partition coefficient (Wildman–Crippen LogP) is 1.75. The molecule has 0 spiro atoms. The normalized spacial score (nSPS) is 11.5. The highest BCUT2D eigenvalue weighted by Crippen LogP contribution is 2.21. The Kier molecular flexibility index (Phi) is 3.57. The number of hydrogen-bond donors (Lipinski definition) is 1. The average Bonchev–Trinajstić information content (AvgIpc) is 2.10. The van der Waals surface area contributed by atoms with Gasteiger partial charge in [-0.25, -0.2) is 4.98 Å². The molecule has 1 aromatic rings. The Bertz CT molecular complexity index is 391. The SMILES string of the molecule is O=c1[nH]cnc(OCCC(F)(F)F)c1Cl. The zero-order valence-corrected chi connectivity index (χ0v) is 8.02. The van der Waals surface area contributed by atoms with E-state index in [-0.39, 0.29) is 10.9 Å². The smallest absolute Gasteiger partial charge is 0.392 e. The zero-order chi connectivity index (χ0) is 11.5. The highest BCUT2D eigenvalue weighted by molar-refractivity contribution is 6.31. The van der Waals surface area contributed by atoms with Crippen LogP contribution in [0.4, 0.5) is 13.2 Å². The first-order valence-electron chi connectivity index (χ1n) is 3.83. The molecule has 0 unspecified atom stereocenters. The first kappa shape index (κ1) is 11.8. The number of halogens is 4.